The first-order valence-corrected chi connectivity index (χ1v) is 8.12. The molecule has 4 nitrogen and oxygen atoms in total. The zero-order valence-electron chi connectivity index (χ0n) is 14.9. The van der Waals surface area contributed by atoms with Crippen LogP contribution in [0.1, 0.15) is 31.4 Å². The normalized spacial score (nSPS) is 13.9. The van der Waals surface area contributed by atoms with Crippen LogP contribution in [0.3, 0.4) is 0 Å². The summed E-state index contributed by atoms with van der Waals surface area (Å²) in [5.41, 5.74) is -2.42. The summed E-state index contributed by atoms with van der Waals surface area (Å²) in [4.78, 5) is 11.8. The lowest BCUT2D eigenvalue weighted by molar-refractivity contribution is -0.160. The summed E-state index contributed by atoms with van der Waals surface area (Å²) >= 11 is 0. The van der Waals surface area contributed by atoms with Gasteiger partial charge in [0.05, 0.1) is 7.11 Å². The monoisotopic (exact) mass is 364 g/mol. The van der Waals surface area contributed by atoms with Crippen molar-refractivity contribution in [1.29, 1.82) is 0 Å². The molecule has 0 saturated carbocycles. The molecule has 0 radical (unpaired) electrons. The number of ether oxygens (including phenoxy) is 1. The predicted octanol–water partition coefficient (Wildman–Crippen LogP) is 3.70. The average Bonchev–Trinajstić information content (AvgIpc) is 2.56. The summed E-state index contributed by atoms with van der Waals surface area (Å²) in [6.07, 6.45) is -0.604. The molecule has 0 saturated heterocycles. The number of rotatable bonds is 7. The second-order valence-electron chi connectivity index (χ2n) is 7.01. The van der Waals surface area contributed by atoms with Crippen LogP contribution in [-0.2, 0) is 16.6 Å². The van der Waals surface area contributed by atoms with Crippen molar-refractivity contribution in [2.45, 2.75) is 37.7 Å². The molecule has 0 heterocycles. The SMILES string of the molecule is COc1cc(F)ccc1C(C)(C)CC(O)(Cc1ccccc1F)C(=O)O. The van der Waals surface area contributed by atoms with Gasteiger partial charge in [-0.3, -0.25) is 0 Å². The Morgan fingerprint density at radius 2 is 1.81 bits per heavy atom. The first kappa shape index (κ1) is 19.8. The van der Waals surface area contributed by atoms with Crippen LogP contribution in [0, 0.1) is 11.6 Å². The van der Waals surface area contributed by atoms with Gasteiger partial charge in [0, 0.05) is 18.1 Å². The van der Waals surface area contributed by atoms with Gasteiger partial charge < -0.3 is 14.9 Å². The van der Waals surface area contributed by atoms with E-state index >= 15 is 0 Å². The van der Waals surface area contributed by atoms with E-state index in [0.717, 1.165) is 0 Å². The minimum atomic E-state index is -2.20. The fourth-order valence-electron chi connectivity index (χ4n) is 3.22. The van der Waals surface area contributed by atoms with Crippen LogP contribution in [0.5, 0.6) is 5.75 Å². The number of halogens is 2. The van der Waals surface area contributed by atoms with Gasteiger partial charge in [-0.25, -0.2) is 13.6 Å². The minimum Gasteiger partial charge on any atom is -0.496 e. The molecule has 0 spiro atoms. The molecule has 1 unspecified atom stereocenters. The molecule has 2 rings (SSSR count). The minimum absolute atomic E-state index is 0.110. The van der Waals surface area contributed by atoms with E-state index in [0.29, 0.717) is 5.56 Å². The molecular formula is C20H22F2O4. The molecule has 0 aliphatic heterocycles. The van der Waals surface area contributed by atoms with Gasteiger partial charge in [-0.2, -0.15) is 0 Å². The van der Waals surface area contributed by atoms with E-state index in [2.05, 4.69) is 0 Å². The van der Waals surface area contributed by atoms with Gasteiger partial charge in [0.2, 0.25) is 0 Å². The zero-order valence-corrected chi connectivity index (χ0v) is 14.9. The fraction of sp³-hybridized carbons (Fsp3) is 0.350. The molecular weight excluding hydrogens is 342 g/mol. The van der Waals surface area contributed by atoms with Gasteiger partial charge in [-0.15, -0.1) is 0 Å². The largest absolute Gasteiger partial charge is 0.496 e. The van der Waals surface area contributed by atoms with E-state index in [9.17, 15) is 23.8 Å². The molecule has 2 N–H and O–H groups in total. The number of aliphatic hydroxyl groups is 1. The number of methoxy groups -OCH3 is 1. The number of hydrogen-bond acceptors (Lipinski definition) is 3. The van der Waals surface area contributed by atoms with Crippen molar-refractivity contribution in [2.75, 3.05) is 7.11 Å². The van der Waals surface area contributed by atoms with Crippen LogP contribution in [-0.4, -0.2) is 28.9 Å². The second kappa shape index (κ2) is 7.41. The number of carboxylic acid groups (broad SMARTS) is 1. The molecule has 0 amide bonds. The Morgan fingerprint density at radius 1 is 1.15 bits per heavy atom. The quantitative estimate of drug-likeness (QED) is 0.786. The molecule has 26 heavy (non-hydrogen) atoms. The molecule has 0 fully saturated rings. The summed E-state index contributed by atoms with van der Waals surface area (Å²) in [5, 5.41) is 20.4. The van der Waals surface area contributed by atoms with Crippen LogP contribution in [0.15, 0.2) is 42.5 Å². The van der Waals surface area contributed by atoms with E-state index in [1.54, 1.807) is 19.9 Å². The lowest BCUT2D eigenvalue weighted by atomic mass is 9.73. The van der Waals surface area contributed by atoms with Gasteiger partial charge in [-0.05, 0) is 29.5 Å². The van der Waals surface area contributed by atoms with E-state index in [1.807, 2.05) is 0 Å². The second-order valence-corrected chi connectivity index (χ2v) is 7.01. The van der Waals surface area contributed by atoms with Gasteiger partial charge in [0.1, 0.15) is 17.4 Å². The Labute approximate surface area is 151 Å². The Balaban J connectivity index is 2.39. The molecule has 2 aromatic rings. The van der Waals surface area contributed by atoms with E-state index in [1.165, 1.54) is 43.5 Å². The Kier molecular flexibility index (Phi) is 5.66. The molecule has 1 atom stereocenters. The average molecular weight is 364 g/mol. The summed E-state index contributed by atoms with van der Waals surface area (Å²) in [6, 6.07) is 9.67. The number of benzene rings is 2. The van der Waals surface area contributed by atoms with E-state index < -0.39 is 28.6 Å². The first-order valence-electron chi connectivity index (χ1n) is 8.12. The summed E-state index contributed by atoms with van der Waals surface area (Å²) in [6.45, 7) is 3.44. The van der Waals surface area contributed by atoms with E-state index in [-0.39, 0.29) is 24.2 Å². The summed E-state index contributed by atoms with van der Waals surface area (Å²) in [5.74, 6) is -2.26. The highest BCUT2D eigenvalue weighted by molar-refractivity contribution is 5.78. The van der Waals surface area contributed by atoms with Crippen molar-refractivity contribution in [3.8, 4) is 5.75 Å². The Morgan fingerprint density at radius 3 is 2.38 bits per heavy atom. The van der Waals surface area contributed by atoms with Crippen molar-refractivity contribution >= 4 is 5.97 Å². The molecule has 0 aliphatic rings. The van der Waals surface area contributed by atoms with Crippen molar-refractivity contribution in [3.63, 3.8) is 0 Å². The fourth-order valence-corrected chi connectivity index (χ4v) is 3.22. The van der Waals surface area contributed by atoms with Crippen molar-refractivity contribution in [3.05, 3.63) is 65.2 Å². The van der Waals surface area contributed by atoms with Crippen molar-refractivity contribution < 1.29 is 28.5 Å². The van der Waals surface area contributed by atoms with Crippen LogP contribution in [0.4, 0.5) is 8.78 Å². The van der Waals surface area contributed by atoms with Crippen LogP contribution < -0.4 is 4.74 Å². The lowest BCUT2D eigenvalue weighted by Gasteiger charge is -2.35. The third kappa shape index (κ3) is 4.19. The van der Waals surface area contributed by atoms with Crippen LogP contribution in [0.2, 0.25) is 0 Å². The summed E-state index contributed by atoms with van der Waals surface area (Å²) < 4.78 is 32.6. The zero-order chi connectivity index (χ0) is 19.5. The molecule has 0 bridgehead atoms. The Hall–Kier alpha value is -2.47. The topological polar surface area (TPSA) is 66.8 Å². The lowest BCUT2D eigenvalue weighted by Crippen LogP contribution is -2.46. The number of carbonyl (C=O) groups is 1. The van der Waals surface area contributed by atoms with Gasteiger partial charge in [0.25, 0.3) is 0 Å². The molecule has 6 heteroatoms. The third-order valence-electron chi connectivity index (χ3n) is 4.47. The number of aliphatic carboxylic acids is 1. The predicted molar refractivity (Wildman–Crippen MR) is 93.3 cm³/mol. The van der Waals surface area contributed by atoms with Gasteiger partial charge in [-0.1, -0.05) is 38.1 Å². The molecule has 140 valence electrons. The van der Waals surface area contributed by atoms with Crippen LogP contribution in [0.25, 0.3) is 0 Å². The van der Waals surface area contributed by atoms with Crippen molar-refractivity contribution in [2.24, 2.45) is 0 Å². The smallest absolute Gasteiger partial charge is 0.336 e. The number of carboxylic acids is 1. The van der Waals surface area contributed by atoms with E-state index in [4.69, 9.17) is 4.74 Å². The summed E-state index contributed by atoms with van der Waals surface area (Å²) in [7, 11) is 1.39. The van der Waals surface area contributed by atoms with Gasteiger partial charge in [0.15, 0.2) is 5.60 Å². The highest BCUT2D eigenvalue weighted by Crippen LogP contribution is 2.39. The maximum Gasteiger partial charge on any atom is 0.336 e. The Bertz CT molecular complexity index is 804. The molecule has 0 aliphatic carbocycles. The first-order chi connectivity index (χ1) is 12.1. The standard InChI is InChI=1S/C20H22F2O4/c1-19(2,15-9-8-14(21)10-17(15)26-3)12-20(25,18(23)24)11-13-6-4-5-7-16(13)22/h4-10,25H,11-12H2,1-3H3,(H,23,24). The third-order valence-corrected chi connectivity index (χ3v) is 4.47. The maximum atomic E-state index is 13.9. The highest BCUT2D eigenvalue weighted by Gasteiger charge is 2.43. The van der Waals surface area contributed by atoms with Gasteiger partial charge >= 0.3 is 5.97 Å². The molecule has 2 aromatic carbocycles. The van der Waals surface area contributed by atoms with Crippen molar-refractivity contribution in [1.82, 2.24) is 0 Å². The molecule has 0 aromatic heterocycles. The highest BCUT2D eigenvalue weighted by atomic mass is 19.1. The maximum absolute atomic E-state index is 13.9. The van der Waals surface area contributed by atoms with Crippen LogP contribution >= 0.6 is 0 Å². The number of hydrogen-bond donors (Lipinski definition) is 2.